The maximum atomic E-state index is 5.88. The summed E-state index contributed by atoms with van der Waals surface area (Å²) in [6, 6.07) is 1.75. The lowest BCUT2D eigenvalue weighted by Crippen LogP contribution is -2.46. The zero-order valence-corrected chi connectivity index (χ0v) is 10.3. The SMILES string of the molecule is C[C@@]12CO[C@H](CN1c1cc(Cl)nc(Cl)n1)C2. The van der Waals surface area contributed by atoms with Gasteiger partial charge in [-0.1, -0.05) is 11.6 Å². The Morgan fingerprint density at radius 3 is 2.88 bits per heavy atom. The smallest absolute Gasteiger partial charge is 0.225 e. The molecule has 2 aliphatic rings. The molecule has 0 radical (unpaired) electrons. The standard InChI is InChI=1S/C10H11Cl2N3O/c1-10-3-6(16-5-10)4-15(10)8-2-7(11)13-9(12)14-8/h2,6H,3-5H2,1H3/t6-,10+/m0/s1. The summed E-state index contributed by atoms with van der Waals surface area (Å²) in [5, 5.41) is 0.567. The van der Waals surface area contributed by atoms with Gasteiger partial charge >= 0.3 is 0 Å². The average molecular weight is 260 g/mol. The second-order valence-electron chi connectivity index (χ2n) is 4.56. The number of rotatable bonds is 1. The highest BCUT2D eigenvalue weighted by atomic mass is 35.5. The minimum absolute atomic E-state index is 0.0195. The van der Waals surface area contributed by atoms with Crippen molar-refractivity contribution in [2.45, 2.75) is 25.0 Å². The van der Waals surface area contributed by atoms with Gasteiger partial charge < -0.3 is 9.64 Å². The van der Waals surface area contributed by atoms with E-state index < -0.39 is 0 Å². The molecule has 0 unspecified atom stereocenters. The fourth-order valence-electron chi connectivity index (χ4n) is 2.52. The third-order valence-corrected chi connectivity index (χ3v) is 3.63. The number of anilines is 1. The molecule has 2 bridgehead atoms. The predicted molar refractivity (Wildman–Crippen MR) is 62.2 cm³/mol. The third kappa shape index (κ3) is 1.56. The van der Waals surface area contributed by atoms with Crippen molar-refractivity contribution >= 4 is 29.0 Å². The van der Waals surface area contributed by atoms with Crippen molar-refractivity contribution in [3.05, 3.63) is 16.5 Å². The third-order valence-electron chi connectivity index (χ3n) is 3.27. The van der Waals surface area contributed by atoms with E-state index in [9.17, 15) is 0 Å². The van der Waals surface area contributed by atoms with Gasteiger partial charge in [0.1, 0.15) is 11.0 Å². The van der Waals surface area contributed by atoms with Crippen molar-refractivity contribution in [2.24, 2.45) is 0 Å². The van der Waals surface area contributed by atoms with Crippen LogP contribution in [0.2, 0.25) is 10.4 Å². The van der Waals surface area contributed by atoms with Crippen LogP contribution in [0.15, 0.2) is 6.07 Å². The first-order valence-corrected chi connectivity index (χ1v) is 5.92. The Kier molecular flexibility index (Phi) is 2.28. The highest BCUT2D eigenvalue weighted by Gasteiger charge is 2.49. The number of hydrogen-bond donors (Lipinski definition) is 0. The van der Waals surface area contributed by atoms with Gasteiger partial charge in [0.25, 0.3) is 0 Å². The topological polar surface area (TPSA) is 38.2 Å². The molecule has 3 heterocycles. The van der Waals surface area contributed by atoms with E-state index in [1.807, 2.05) is 0 Å². The van der Waals surface area contributed by atoms with Gasteiger partial charge in [-0.15, -0.1) is 0 Å². The Balaban J connectivity index is 1.98. The van der Waals surface area contributed by atoms with E-state index in [-0.39, 0.29) is 10.8 Å². The average Bonchev–Trinajstić information content (AvgIpc) is 2.70. The molecular weight excluding hydrogens is 249 g/mol. The minimum atomic E-state index is 0.0195. The van der Waals surface area contributed by atoms with Gasteiger partial charge in [-0.25, -0.2) is 9.97 Å². The van der Waals surface area contributed by atoms with Crippen molar-refractivity contribution in [3.8, 4) is 0 Å². The van der Waals surface area contributed by atoms with Crippen molar-refractivity contribution in [1.82, 2.24) is 9.97 Å². The molecule has 2 atom stereocenters. The normalized spacial score (nSPS) is 32.4. The zero-order chi connectivity index (χ0) is 11.3. The summed E-state index contributed by atoms with van der Waals surface area (Å²) >= 11 is 11.7. The number of hydrogen-bond acceptors (Lipinski definition) is 4. The van der Waals surface area contributed by atoms with Crippen LogP contribution in [-0.2, 0) is 4.74 Å². The fourth-order valence-corrected chi connectivity index (χ4v) is 2.92. The van der Waals surface area contributed by atoms with Crippen LogP contribution in [0.5, 0.6) is 0 Å². The minimum Gasteiger partial charge on any atom is -0.374 e. The summed E-state index contributed by atoms with van der Waals surface area (Å²) in [6.07, 6.45) is 1.34. The van der Waals surface area contributed by atoms with Crippen LogP contribution in [0.3, 0.4) is 0 Å². The molecule has 16 heavy (non-hydrogen) atoms. The molecular formula is C10H11Cl2N3O. The van der Waals surface area contributed by atoms with E-state index in [1.54, 1.807) is 6.07 Å². The van der Waals surface area contributed by atoms with Crippen LogP contribution < -0.4 is 4.90 Å². The Bertz CT molecular complexity index is 422. The van der Waals surface area contributed by atoms with Gasteiger partial charge in [-0.3, -0.25) is 0 Å². The molecule has 0 saturated carbocycles. The van der Waals surface area contributed by atoms with Crippen LogP contribution in [0.1, 0.15) is 13.3 Å². The summed E-state index contributed by atoms with van der Waals surface area (Å²) < 4.78 is 5.62. The summed E-state index contributed by atoms with van der Waals surface area (Å²) in [7, 11) is 0. The van der Waals surface area contributed by atoms with Gasteiger partial charge in [0.05, 0.1) is 18.2 Å². The second kappa shape index (κ2) is 3.45. The van der Waals surface area contributed by atoms with Crippen LogP contribution >= 0.6 is 23.2 Å². The number of morpholine rings is 1. The number of nitrogens with zero attached hydrogens (tertiary/aromatic N) is 3. The largest absolute Gasteiger partial charge is 0.374 e. The van der Waals surface area contributed by atoms with Crippen molar-refractivity contribution in [3.63, 3.8) is 0 Å². The van der Waals surface area contributed by atoms with E-state index in [1.165, 1.54) is 0 Å². The molecule has 6 heteroatoms. The number of ether oxygens (including phenoxy) is 1. The first-order valence-electron chi connectivity index (χ1n) is 5.16. The molecule has 2 fully saturated rings. The number of aromatic nitrogens is 2. The van der Waals surface area contributed by atoms with Crippen LogP contribution in [0.25, 0.3) is 0 Å². The Morgan fingerprint density at radius 2 is 2.31 bits per heavy atom. The fraction of sp³-hybridized carbons (Fsp3) is 0.600. The second-order valence-corrected chi connectivity index (χ2v) is 5.29. The summed E-state index contributed by atoms with van der Waals surface area (Å²) in [4.78, 5) is 10.3. The first kappa shape index (κ1) is 10.6. The number of halogens is 2. The summed E-state index contributed by atoms with van der Waals surface area (Å²) in [6.45, 7) is 3.75. The summed E-state index contributed by atoms with van der Waals surface area (Å²) in [5.74, 6) is 0.790. The van der Waals surface area contributed by atoms with Crippen molar-refractivity contribution in [2.75, 3.05) is 18.1 Å². The predicted octanol–water partition coefficient (Wildman–Crippen LogP) is 2.15. The van der Waals surface area contributed by atoms with Gasteiger partial charge in [0.15, 0.2) is 0 Å². The molecule has 0 N–H and O–H groups in total. The quantitative estimate of drug-likeness (QED) is 0.572. The van der Waals surface area contributed by atoms with E-state index >= 15 is 0 Å². The molecule has 86 valence electrons. The Hall–Kier alpha value is -0.580. The Labute approximate surface area is 104 Å². The summed E-state index contributed by atoms with van der Waals surface area (Å²) in [5.41, 5.74) is 0.0195. The van der Waals surface area contributed by atoms with Crippen molar-refractivity contribution < 1.29 is 4.74 Å². The van der Waals surface area contributed by atoms with Gasteiger partial charge in [-0.2, -0.15) is 0 Å². The molecule has 3 rings (SSSR count). The first-order chi connectivity index (χ1) is 7.57. The molecule has 1 aromatic rings. The van der Waals surface area contributed by atoms with Crippen LogP contribution in [0, 0.1) is 0 Å². The molecule has 0 aliphatic carbocycles. The van der Waals surface area contributed by atoms with E-state index in [2.05, 4.69) is 21.8 Å². The van der Waals surface area contributed by atoms with E-state index in [0.717, 1.165) is 25.4 Å². The van der Waals surface area contributed by atoms with Gasteiger partial charge in [0, 0.05) is 19.0 Å². The lowest BCUT2D eigenvalue weighted by molar-refractivity contribution is 0.0868. The molecule has 1 aromatic heterocycles. The highest BCUT2D eigenvalue weighted by molar-refractivity contribution is 6.32. The van der Waals surface area contributed by atoms with Crippen LogP contribution in [0.4, 0.5) is 5.82 Å². The van der Waals surface area contributed by atoms with E-state index in [4.69, 9.17) is 27.9 Å². The van der Waals surface area contributed by atoms with Gasteiger partial charge in [0.2, 0.25) is 5.28 Å². The van der Waals surface area contributed by atoms with Gasteiger partial charge in [-0.05, 0) is 18.5 Å². The molecule has 0 amide bonds. The molecule has 2 aliphatic heterocycles. The maximum Gasteiger partial charge on any atom is 0.225 e. The number of fused-ring (bicyclic) bond motifs is 2. The Morgan fingerprint density at radius 1 is 1.50 bits per heavy atom. The molecule has 4 nitrogen and oxygen atoms in total. The monoisotopic (exact) mass is 259 g/mol. The van der Waals surface area contributed by atoms with Crippen molar-refractivity contribution in [1.29, 1.82) is 0 Å². The zero-order valence-electron chi connectivity index (χ0n) is 8.78. The molecule has 0 spiro atoms. The van der Waals surface area contributed by atoms with Crippen LogP contribution in [-0.4, -0.2) is 34.8 Å². The maximum absolute atomic E-state index is 5.88. The molecule has 0 aromatic carbocycles. The lowest BCUT2D eigenvalue weighted by Gasteiger charge is -2.36. The highest BCUT2D eigenvalue weighted by Crippen LogP contribution is 2.40. The lowest BCUT2D eigenvalue weighted by atomic mass is 10.0. The van der Waals surface area contributed by atoms with E-state index in [0.29, 0.717) is 11.3 Å². The molecule has 2 saturated heterocycles.